The molecule has 0 aliphatic heterocycles. The van der Waals surface area contributed by atoms with Gasteiger partial charge in [0, 0.05) is 22.8 Å². The Labute approximate surface area is 125 Å². The van der Waals surface area contributed by atoms with E-state index in [2.05, 4.69) is 0 Å². The number of hydrogen-bond donors (Lipinski definition) is 1. The maximum absolute atomic E-state index is 11.2. The zero-order chi connectivity index (χ0) is 15.4. The molecule has 0 atom stereocenters. The number of non-ortho nitro benzene ring substituents is 1. The summed E-state index contributed by atoms with van der Waals surface area (Å²) in [5.41, 5.74) is 1.59. The molecule has 0 saturated carbocycles. The van der Waals surface area contributed by atoms with Crippen LogP contribution in [0.15, 0.2) is 47.4 Å². The molecular weight excluding hydrogens is 290 g/mol. The van der Waals surface area contributed by atoms with E-state index in [0.29, 0.717) is 11.3 Å². The Bertz CT molecular complexity index is 683. The number of nitro groups is 1. The van der Waals surface area contributed by atoms with Crippen LogP contribution in [0.2, 0.25) is 0 Å². The molecule has 5 nitrogen and oxygen atoms in total. The number of carboxylic acid groups (broad SMARTS) is 1. The number of hydrogen-bond acceptors (Lipinski definition) is 4. The number of nitrogens with zero attached hydrogens (tertiary/aromatic N) is 1. The third kappa shape index (κ3) is 3.82. The number of aromatic carboxylic acids is 1. The Balaban J connectivity index is 2.24. The lowest BCUT2D eigenvalue weighted by Crippen LogP contribution is -2.02. The number of carbonyl (C=O) groups is 1. The van der Waals surface area contributed by atoms with E-state index in [1.165, 1.54) is 30.0 Å². The number of benzene rings is 2. The van der Waals surface area contributed by atoms with E-state index in [1.54, 1.807) is 0 Å². The smallest absolute Gasteiger partial charge is 0.336 e. The summed E-state index contributed by atoms with van der Waals surface area (Å²) >= 11 is 1.45. The van der Waals surface area contributed by atoms with Gasteiger partial charge in [0.2, 0.25) is 0 Å². The first kappa shape index (κ1) is 15.1. The van der Waals surface area contributed by atoms with Gasteiger partial charge in [0.25, 0.3) is 5.69 Å². The minimum absolute atomic E-state index is 0.0974. The van der Waals surface area contributed by atoms with Crippen molar-refractivity contribution < 1.29 is 14.8 Å². The molecule has 0 heterocycles. The third-order valence-corrected chi connectivity index (χ3v) is 4.01. The van der Waals surface area contributed by atoms with Gasteiger partial charge in [-0.3, -0.25) is 10.1 Å². The Morgan fingerprint density at radius 1 is 1.24 bits per heavy atom. The van der Waals surface area contributed by atoms with E-state index >= 15 is 0 Å². The lowest BCUT2D eigenvalue weighted by molar-refractivity contribution is -0.384. The normalized spacial score (nSPS) is 10.3. The second kappa shape index (κ2) is 6.41. The van der Waals surface area contributed by atoms with Crippen LogP contribution in [0.1, 0.15) is 21.5 Å². The first-order valence-corrected chi connectivity index (χ1v) is 7.16. The lowest BCUT2D eigenvalue weighted by atomic mass is 10.1. The Morgan fingerprint density at radius 2 is 1.90 bits per heavy atom. The van der Waals surface area contributed by atoms with Crippen LogP contribution in [0.4, 0.5) is 5.69 Å². The Kier molecular flexibility index (Phi) is 4.59. The maximum atomic E-state index is 11.2. The van der Waals surface area contributed by atoms with Gasteiger partial charge in [-0.15, -0.1) is 11.8 Å². The van der Waals surface area contributed by atoms with Crippen molar-refractivity contribution in [3.8, 4) is 0 Å². The molecule has 0 bridgehead atoms. The van der Waals surface area contributed by atoms with Crippen LogP contribution in [0.5, 0.6) is 0 Å². The molecule has 0 aliphatic rings. The molecule has 0 radical (unpaired) electrons. The quantitative estimate of drug-likeness (QED) is 0.515. The van der Waals surface area contributed by atoms with Gasteiger partial charge in [-0.1, -0.05) is 17.7 Å². The van der Waals surface area contributed by atoms with Crippen LogP contribution in [0.25, 0.3) is 0 Å². The van der Waals surface area contributed by atoms with Crippen molar-refractivity contribution >= 4 is 23.4 Å². The van der Waals surface area contributed by atoms with Crippen molar-refractivity contribution in [2.45, 2.75) is 17.6 Å². The van der Waals surface area contributed by atoms with Crippen LogP contribution in [-0.4, -0.2) is 16.0 Å². The second-order valence-corrected chi connectivity index (χ2v) is 5.55. The first-order valence-electron chi connectivity index (χ1n) is 6.17. The highest BCUT2D eigenvalue weighted by Crippen LogP contribution is 2.27. The molecule has 0 fully saturated rings. The summed E-state index contributed by atoms with van der Waals surface area (Å²) in [7, 11) is 0. The van der Waals surface area contributed by atoms with Crippen LogP contribution < -0.4 is 0 Å². The highest BCUT2D eigenvalue weighted by atomic mass is 32.2. The fourth-order valence-electron chi connectivity index (χ4n) is 1.82. The highest BCUT2D eigenvalue weighted by molar-refractivity contribution is 7.98. The summed E-state index contributed by atoms with van der Waals surface area (Å²) in [6.45, 7) is 1.98. The molecule has 0 unspecified atom stereocenters. The van der Waals surface area contributed by atoms with Crippen molar-refractivity contribution in [1.29, 1.82) is 0 Å². The summed E-state index contributed by atoms with van der Waals surface area (Å²) in [6, 6.07) is 11.6. The number of nitro benzene ring substituents is 1. The second-order valence-electron chi connectivity index (χ2n) is 4.51. The Hall–Kier alpha value is -2.34. The summed E-state index contributed by atoms with van der Waals surface area (Å²) in [5, 5.41) is 19.9. The molecule has 1 N–H and O–H groups in total. The summed E-state index contributed by atoms with van der Waals surface area (Å²) in [4.78, 5) is 22.4. The van der Waals surface area contributed by atoms with Crippen LogP contribution in [-0.2, 0) is 5.75 Å². The van der Waals surface area contributed by atoms with Gasteiger partial charge in [-0.25, -0.2) is 4.79 Å². The first-order chi connectivity index (χ1) is 9.97. The van der Waals surface area contributed by atoms with Crippen molar-refractivity contribution in [2.75, 3.05) is 0 Å². The summed E-state index contributed by atoms with van der Waals surface area (Å²) in [6.07, 6.45) is 0. The van der Waals surface area contributed by atoms with E-state index < -0.39 is 10.9 Å². The molecule has 6 heteroatoms. The number of thioether (sulfide) groups is 1. The van der Waals surface area contributed by atoms with Gasteiger partial charge in [-0.2, -0.15) is 0 Å². The van der Waals surface area contributed by atoms with Crippen LogP contribution >= 0.6 is 11.8 Å². The van der Waals surface area contributed by atoms with Crippen molar-refractivity contribution in [3.05, 3.63) is 69.3 Å². The standard InChI is InChI=1S/C15H13NO4S/c1-10-2-5-13(6-3-10)21-9-11-8-12(16(19)20)4-7-14(11)15(17)18/h2-8H,9H2,1H3,(H,17,18). The average Bonchev–Trinajstić information content (AvgIpc) is 2.46. The average molecular weight is 303 g/mol. The molecule has 2 aromatic rings. The largest absolute Gasteiger partial charge is 0.478 e. The molecular formula is C15H13NO4S. The minimum atomic E-state index is -1.08. The SMILES string of the molecule is Cc1ccc(SCc2cc([N+](=O)[O-])ccc2C(=O)O)cc1. The zero-order valence-electron chi connectivity index (χ0n) is 11.3. The molecule has 0 spiro atoms. The summed E-state index contributed by atoms with van der Waals surface area (Å²) < 4.78 is 0. The maximum Gasteiger partial charge on any atom is 0.336 e. The molecule has 21 heavy (non-hydrogen) atoms. The number of rotatable bonds is 5. The monoisotopic (exact) mass is 303 g/mol. The predicted molar refractivity (Wildman–Crippen MR) is 80.8 cm³/mol. The topological polar surface area (TPSA) is 80.4 Å². The van der Waals surface area contributed by atoms with Crippen molar-refractivity contribution in [1.82, 2.24) is 0 Å². The van der Waals surface area contributed by atoms with E-state index in [9.17, 15) is 14.9 Å². The van der Waals surface area contributed by atoms with E-state index in [4.69, 9.17) is 5.11 Å². The fraction of sp³-hybridized carbons (Fsp3) is 0.133. The van der Waals surface area contributed by atoms with Gasteiger partial charge in [-0.05, 0) is 30.7 Å². The van der Waals surface area contributed by atoms with Crippen LogP contribution in [0, 0.1) is 17.0 Å². The van der Waals surface area contributed by atoms with E-state index in [-0.39, 0.29) is 11.3 Å². The minimum Gasteiger partial charge on any atom is -0.478 e. The van der Waals surface area contributed by atoms with E-state index in [1.807, 2.05) is 31.2 Å². The highest BCUT2D eigenvalue weighted by Gasteiger charge is 2.15. The fourth-order valence-corrected chi connectivity index (χ4v) is 2.71. The van der Waals surface area contributed by atoms with E-state index in [0.717, 1.165) is 10.5 Å². The molecule has 0 saturated heterocycles. The molecule has 0 amide bonds. The molecule has 0 aliphatic carbocycles. The lowest BCUT2D eigenvalue weighted by Gasteiger charge is -2.06. The van der Waals surface area contributed by atoms with Gasteiger partial charge in [0.05, 0.1) is 10.5 Å². The third-order valence-electron chi connectivity index (χ3n) is 2.95. The molecule has 2 aromatic carbocycles. The van der Waals surface area contributed by atoms with Crippen LogP contribution in [0.3, 0.4) is 0 Å². The number of carboxylic acids is 1. The van der Waals surface area contributed by atoms with Gasteiger partial charge in [0.1, 0.15) is 0 Å². The molecule has 2 rings (SSSR count). The van der Waals surface area contributed by atoms with Gasteiger partial charge >= 0.3 is 5.97 Å². The van der Waals surface area contributed by atoms with Gasteiger partial charge in [0.15, 0.2) is 0 Å². The zero-order valence-corrected chi connectivity index (χ0v) is 12.1. The Morgan fingerprint density at radius 3 is 2.48 bits per heavy atom. The number of aryl methyl sites for hydroxylation is 1. The van der Waals surface area contributed by atoms with Crippen molar-refractivity contribution in [3.63, 3.8) is 0 Å². The summed E-state index contributed by atoms with van der Waals surface area (Å²) in [5.74, 6) is -0.712. The molecule has 108 valence electrons. The van der Waals surface area contributed by atoms with Crippen molar-refractivity contribution in [2.24, 2.45) is 0 Å². The van der Waals surface area contributed by atoms with Gasteiger partial charge < -0.3 is 5.11 Å². The predicted octanol–water partition coefficient (Wildman–Crippen LogP) is 3.89. The molecule has 0 aromatic heterocycles.